The predicted molar refractivity (Wildman–Crippen MR) is 83.9 cm³/mol. The summed E-state index contributed by atoms with van der Waals surface area (Å²) in [4.78, 5) is 0. The van der Waals surface area contributed by atoms with Gasteiger partial charge < -0.3 is 10.5 Å². The lowest BCUT2D eigenvalue weighted by atomic mass is 10.1. The van der Waals surface area contributed by atoms with E-state index in [4.69, 9.17) is 10.5 Å². The fourth-order valence-electron chi connectivity index (χ4n) is 2.27. The summed E-state index contributed by atoms with van der Waals surface area (Å²) in [6.45, 7) is 2.52. The molecule has 0 aliphatic heterocycles. The Morgan fingerprint density at radius 1 is 1.05 bits per heavy atom. The average molecular weight is 279 g/mol. The normalized spacial score (nSPS) is 10.5. The Kier molecular flexibility index (Phi) is 3.60. The van der Waals surface area contributed by atoms with Gasteiger partial charge in [-0.25, -0.2) is 0 Å². The molecule has 0 fully saturated rings. The SMILES string of the molecule is Cc1[nH]nc(N)c1-c1ccc(OCc2ccccc2)cc1. The summed E-state index contributed by atoms with van der Waals surface area (Å²) in [7, 11) is 0. The Morgan fingerprint density at radius 3 is 2.38 bits per heavy atom. The van der Waals surface area contributed by atoms with Gasteiger partial charge in [0.05, 0.1) is 0 Å². The molecule has 0 unspecified atom stereocenters. The third-order valence-corrected chi connectivity index (χ3v) is 3.37. The second-order valence-corrected chi connectivity index (χ2v) is 4.91. The van der Waals surface area contributed by atoms with Crippen LogP contribution in [0.5, 0.6) is 5.75 Å². The van der Waals surface area contributed by atoms with Crippen LogP contribution in [0.25, 0.3) is 11.1 Å². The van der Waals surface area contributed by atoms with Crippen LogP contribution < -0.4 is 10.5 Å². The Morgan fingerprint density at radius 2 is 1.76 bits per heavy atom. The predicted octanol–water partition coefficient (Wildman–Crippen LogP) is 3.55. The number of nitrogens with two attached hydrogens (primary N) is 1. The van der Waals surface area contributed by atoms with Crippen molar-refractivity contribution in [3.8, 4) is 16.9 Å². The summed E-state index contributed by atoms with van der Waals surface area (Å²) >= 11 is 0. The number of ether oxygens (including phenoxy) is 1. The highest BCUT2D eigenvalue weighted by Gasteiger charge is 2.09. The molecule has 3 N–H and O–H groups in total. The highest BCUT2D eigenvalue weighted by atomic mass is 16.5. The van der Waals surface area contributed by atoms with E-state index in [-0.39, 0.29) is 0 Å². The van der Waals surface area contributed by atoms with Crippen molar-refractivity contribution in [3.63, 3.8) is 0 Å². The van der Waals surface area contributed by atoms with Gasteiger partial charge in [0.15, 0.2) is 5.82 Å². The lowest BCUT2D eigenvalue weighted by Crippen LogP contribution is -1.95. The number of nitrogen functional groups attached to an aromatic ring is 1. The molecule has 0 saturated carbocycles. The molecule has 3 rings (SSSR count). The molecule has 0 aliphatic rings. The molecule has 0 atom stereocenters. The van der Waals surface area contributed by atoms with Gasteiger partial charge in [0.2, 0.25) is 0 Å². The molecule has 0 bridgehead atoms. The molecule has 4 nitrogen and oxygen atoms in total. The Balaban J connectivity index is 1.73. The van der Waals surface area contributed by atoms with Crippen LogP contribution in [-0.2, 0) is 6.61 Å². The van der Waals surface area contributed by atoms with Crippen molar-refractivity contribution in [2.45, 2.75) is 13.5 Å². The van der Waals surface area contributed by atoms with E-state index < -0.39 is 0 Å². The van der Waals surface area contributed by atoms with Gasteiger partial charge in [-0.15, -0.1) is 0 Å². The largest absolute Gasteiger partial charge is 0.489 e. The van der Waals surface area contributed by atoms with E-state index in [1.807, 2.05) is 61.5 Å². The van der Waals surface area contributed by atoms with Crippen molar-refractivity contribution in [3.05, 3.63) is 65.9 Å². The van der Waals surface area contributed by atoms with Crippen molar-refractivity contribution in [1.29, 1.82) is 0 Å². The van der Waals surface area contributed by atoms with Gasteiger partial charge in [-0.1, -0.05) is 42.5 Å². The number of benzene rings is 2. The summed E-state index contributed by atoms with van der Waals surface area (Å²) in [5.41, 5.74) is 9.97. The Labute approximate surface area is 123 Å². The molecule has 2 aromatic carbocycles. The maximum absolute atomic E-state index is 5.87. The number of hydrogen-bond donors (Lipinski definition) is 2. The first kappa shape index (κ1) is 13.2. The van der Waals surface area contributed by atoms with Crippen LogP contribution in [0.1, 0.15) is 11.3 Å². The number of H-pyrrole nitrogens is 1. The molecular weight excluding hydrogens is 262 g/mol. The van der Waals surface area contributed by atoms with Crippen LogP contribution in [0.4, 0.5) is 5.82 Å². The Hall–Kier alpha value is -2.75. The van der Waals surface area contributed by atoms with E-state index in [1.54, 1.807) is 0 Å². The van der Waals surface area contributed by atoms with Crippen LogP contribution in [0.3, 0.4) is 0 Å². The van der Waals surface area contributed by atoms with Crippen LogP contribution in [0.15, 0.2) is 54.6 Å². The molecule has 21 heavy (non-hydrogen) atoms. The van der Waals surface area contributed by atoms with E-state index in [9.17, 15) is 0 Å². The van der Waals surface area contributed by atoms with E-state index in [0.717, 1.165) is 28.1 Å². The second-order valence-electron chi connectivity index (χ2n) is 4.91. The van der Waals surface area contributed by atoms with Crippen molar-refractivity contribution >= 4 is 5.82 Å². The van der Waals surface area contributed by atoms with E-state index in [2.05, 4.69) is 10.2 Å². The lowest BCUT2D eigenvalue weighted by molar-refractivity contribution is 0.306. The fourth-order valence-corrected chi connectivity index (χ4v) is 2.27. The minimum Gasteiger partial charge on any atom is -0.489 e. The zero-order valence-corrected chi connectivity index (χ0v) is 11.8. The van der Waals surface area contributed by atoms with Gasteiger partial charge >= 0.3 is 0 Å². The molecule has 0 aliphatic carbocycles. The topological polar surface area (TPSA) is 63.9 Å². The van der Waals surface area contributed by atoms with Crippen LogP contribution in [0.2, 0.25) is 0 Å². The number of aromatic amines is 1. The maximum Gasteiger partial charge on any atom is 0.153 e. The first-order valence-electron chi connectivity index (χ1n) is 6.81. The standard InChI is InChI=1S/C17H17N3O/c1-12-16(17(18)20-19-12)14-7-9-15(10-8-14)21-11-13-5-3-2-4-6-13/h2-10H,11H2,1H3,(H3,18,19,20). The number of nitrogens with zero attached hydrogens (tertiary/aromatic N) is 1. The molecule has 106 valence electrons. The third kappa shape index (κ3) is 2.89. The highest BCUT2D eigenvalue weighted by Crippen LogP contribution is 2.28. The van der Waals surface area contributed by atoms with Gasteiger partial charge in [0, 0.05) is 11.3 Å². The molecular formula is C17H17N3O. The second kappa shape index (κ2) is 5.71. The Bertz CT molecular complexity index is 698. The minimum absolute atomic E-state index is 0.519. The minimum atomic E-state index is 0.519. The highest BCUT2D eigenvalue weighted by molar-refractivity contribution is 5.76. The molecule has 1 aromatic heterocycles. The first-order chi connectivity index (χ1) is 10.2. The summed E-state index contributed by atoms with van der Waals surface area (Å²) in [5, 5.41) is 6.90. The van der Waals surface area contributed by atoms with E-state index in [1.165, 1.54) is 0 Å². The monoisotopic (exact) mass is 279 g/mol. The zero-order valence-electron chi connectivity index (χ0n) is 11.8. The zero-order chi connectivity index (χ0) is 14.7. The quantitative estimate of drug-likeness (QED) is 0.767. The van der Waals surface area contributed by atoms with E-state index >= 15 is 0 Å². The summed E-state index contributed by atoms with van der Waals surface area (Å²) in [5.74, 6) is 1.35. The lowest BCUT2D eigenvalue weighted by Gasteiger charge is -2.07. The number of aryl methyl sites for hydroxylation is 1. The number of hydrogen-bond acceptors (Lipinski definition) is 3. The van der Waals surface area contributed by atoms with Crippen molar-refractivity contribution < 1.29 is 4.74 Å². The van der Waals surface area contributed by atoms with Crippen LogP contribution >= 0.6 is 0 Å². The molecule has 1 heterocycles. The summed E-state index contributed by atoms with van der Waals surface area (Å²) in [6.07, 6.45) is 0. The fraction of sp³-hybridized carbons (Fsp3) is 0.118. The van der Waals surface area contributed by atoms with Gasteiger partial charge in [0.1, 0.15) is 12.4 Å². The molecule has 4 heteroatoms. The van der Waals surface area contributed by atoms with Crippen molar-refractivity contribution in [2.24, 2.45) is 0 Å². The molecule has 0 amide bonds. The van der Waals surface area contributed by atoms with Gasteiger partial charge in [0.25, 0.3) is 0 Å². The van der Waals surface area contributed by atoms with Gasteiger partial charge in [-0.05, 0) is 30.2 Å². The van der Waals surface area contributed by atoms with Crippen molar-refractivity contribution in [2.75, 3.05) is 5.73 Å². The molecule has 0 spiro atoms. The third-order valence-electron chi connectivity index (χ3n) is 3.37. The number of aromatic nitrogens is 2. The van der Waals surface area contributed by atoms with Crippen molar-refractivity contribution in [1.82, 2.24) is 10.2 Å². The van der Waals surface area contributed by atoms with Gasteiger partial charge in [-0.2, -0.15) is 5.10 Å². The molecule has 0 radical (unpaired) electrons. The van der Waals surface area contributed by atoms with E-state index in [0.29, 0.717) is 12.4 Å². The van der Waals surface area contributed by atoms with Crippen LogP contribution in [-0.4, -0.2) is 10.2 Å². The summed E-state index contributed by atoms with van der Waals surface area (Å²) in [6, 6.07) is 18.0. The number of rotatable bonds is 4. The first-order valence-corrected chi connectivity index (χ1v) is 6.81. The number of nitrogens with one attached hydrogen (secondary N) is 1. The maximum atomic E-state index is 5.87. The van der Waals surface area contributed by atoms with Crippen LogP contribution in [0, 0.1) is 6.92 Å². The van der Waals surface area contributed by atoms with Gasteiger partial charge in [-0.3, -0.25) is 5.10 Å². The average Bonchev–Trinajstić information content (AvgIpc) is 2.86. The molecule has 0 saturated heterocycles. The smallest absolute Gasteiger partial charge is 0.153 e. The molecule has 3 aromatic rings. The number of anilines is 1. The summed E-state index contributed by atoms with van der Waals surface area (Å²) < 4.78 is 5.77.